The van der Waals surface area contributed by atoms with Gasteiger partial charge in [-0.25, -0.2) is 9.37 Å². The summed E-state index contributed by atoms with van der Waals surface area (Å²) in [4.78, 5) is 8.54. The lowest BCUT2D eigenvalue weighted by molar-refractivity contribution is 0.621. The number of aromatic amines is 1. The lowest BCUT2D eigenvalue weighted by Gasteiger charge is -2.07. The summed E-state index contributed by atoms with van der Waals surface area (Å²) in [6.45, 7) is 4.21. The van der Waals surface area contributed by atoms with Crippen LogP contribution in [0.1, 0.15) is 25.5 Å². The van der Waals surface area contributed by atoms with Gasteiger partial charge in [-0.3, -0.25) is 14.8 Å². The maximum absolute atomic E-state index is 13.2. The van der Waals surface area contributed by atoms with Crippen LogP contribution in [0.15, 0.2) is 36.8 Å². The molecule has 0 bridgehead atoms. The first-order valence-corrected chi connectivity index (χ1v) is 8.03. The quantitative estimate of drug-likeness (QED) is 0.619. The first-order valence-electron chi connectivity index (χ1n) is 8.03. The number of H-pyrrole nitrogens is 1. The third-order valence-electron chi connectivity index (χ3n) is 4.15. The lowest BCUT2D eigenvalue weighted by atomic mass is 9.98. The van der Waals surface area contributed by atoms with Crippen molar-refractivity contribution in [3.05, 3.63) is 48.3 Å². The number of nitrogens with zero attached hydrogens (tertiary/aromatic N) is 5. The standard InChI is InChI=1S/C18H17FN6/c1-10(2)16-15-12(6-7-20-18(15)23-22-16)13-9-25(3)24-17(13)14-5-4-11(19)8-21-14/h4-10H,1-3H3,(H,20,22,23). The number of hydrogen-bond donors (Lipinski definition) is 1. The molecule has 0 unspecified atom stereocenters. The van der Waals surface area contributed by atoms with Gasteiger partial charge in [-0.1, -0.05) is 13.8 Å². The van der Waals surface area contributed by atoms with Gasteiger partial charge in [-0.15, -0.1) is 0 Å². The van der Waals surface area contributed by atoms with Gasteiger partial charge in [0.25, 0.3) is 0 Å². The van der Waals surface area contributed by atoms with Crippen LogP contribution in [0, 0.1) is 5.82 Å². The van der Waals surface area contributed by atoms with Gasteiger partial charge in [0.15, 0.2) is 5.65 Å². The Balaban J connectivity index is 1.99. The Morgan fingerprint density at radius 1 is 1.12 bits per heavy atom. The summed E-state index contributed by atoms with van der Waals surface area (Å²) in [5.41, 5.74) is 4.92. The number of nitrogens with one attached hydrogen (secondary N) is 1. The van der Waals surface area contributed by atoms with E-state index in [2.05, 4.69) is 39.1 Å². The first-order chi connectivity index (χ1) is 12.0. The van der Waals surface area contributed by atoms with E-state index in [1.54, 1.807) is 16.9 Å². The van der Waals surface area contributed by atoms with E-state index in [1.165, 1.54) is 12.3 Å². The van der Waals surface area contributed by atoms with Crippen molar-refractivity contribution in [3.8, 4) is 22.5 Å². The number of aromatic nitrogens is 6. The summed E-state index contributed by atoms with van der Waals surface area (Å²) < 4.78 is 15.0. The molecule has 4 rings (SSSR count). The van der Waals surface area contributed by atoms with Gasteiger partial charge < -0.3 is 0 Å². The summed E-state index contributed by atoms with van der Waals surface area (Å²) >= 11 is 0. The summed E-state index contributed by atoms with van der Waals surface area (Å²) in [7, 11) is 1.85. The SMILES string of the molecule is CC(C)c1[nH]nc2nccc(-c3cn(C)nc3-c3ccc(F)cn3)c12. The topological polar surface area (TPSA) is 72.3 Å². The minimum Gasteiger partial charge on any atom is -0.279 e. The normalized spacial score (nSPS) is 11.6. The second kappa shape index (κ2) is 5.77. The average Bonchev–Trinajstić information content (AvgIpc) is 3.19. The van der Waals surface area contributed by atoms with Crippen LogP contribution in [0.3, 0.4) is 0 Å². The molecule has 126 valence electrons. The van der Waals surface area contributed by atoms with Gasteiger partial charge in [0, 0.05) is 30.7 Å². The fraction of sp³-hybridized carbons (Fsp3) is 0.222. The molecule has 0 aromatic carbocycles. The molecular weight excluding hydrogens is 319 g/mol. The average molecular weight is 336 g/mol. The van der Waals surface area contributed by atoms with Crippen LogP contribution in [0.5, 0.6) is 0 Å². The Labute approximate surface area is 143 Å². The predicted octanol–water partition coefficient (Wildman–Crippen LogP) is 3.68. The Kier molecular flexibility index (Phi) is 3.56. The van der Waals surface area contributed by atoms with Crippen molar-refractivity contribution in [1.29, 1.82) is 0 Å². The predicted molar refractivity (Wildman–Crippen MR) is 93.4 cm³/mol. The van der Waals surface area contributed by atoms with Gasteiger partial charge in [0.1, 0.15) is 11.5 Å². The molecule has 4 aromatic rings. The highest BCUT2D eigenvalue weighted by molar-refractivity contribution is 5.98. The largest absolute Gasteiger partial charge is 0.279 e. The maximum Gasteiger partial charge on any atom is 0.181 e. The molecule has 6 nitrogen and oxygen atoms in total. The fourth-order valence-electron chi connectivity index (χ4n) is 3.00. The van der Waals surface area contributed by atoms with Crippen LogP contribution < -0.4 is 0 Å². The molecule has 1 N–H and O–H groups in total. The molecule has 0 saturated heterocycles. The van der Waals surface area contributed by atoms with Crippen LogP contribution in [-0.2, 0) is 7.05 Å². The van der Waals surface area contributed by atoms with Crippen molar-refractivity contribution in [2.75, 3.05) is 0 Å². The molecule has 0 amide bonds. The van der Waals surface area contributed by atoms with Crippen molar-refractivity contribution in [1.82, 2.24) is 29.9 Å². The van der Waals surface area contributed by atoms with Crippen molar-refractivity contribution in [3.63, 3.8) is 0 Å². The molecule has 4 aromatic heterocycles. The zero-order valence-corrected chi connectivity index (χ0v) is 14.2. The molecule has 4 heterocycles. The summed E-state index contributed by atoms with van der Waals surface area (Å²) in [6, 6.07) is 4.98. The molecule has 0 aliphatic rings. The number of fused-ring (bicyclic) bond motifs is 1. The molecule has 7 heteroatoms. The fourth-order valence-corrected chi connectivity index (χ4v) is 3.00. The Hall–Kier alpha value is -3.09. The molecule has 0 radical (unpaired) electrons. The first kappa shape index (κ1) is 15.4. The van der Waals surface area contributed by atoms with Crippen molar-refractivity contribution in [2.24, 2.45) is 7.05 Å². The summed E-state index contributed by atoms with van der Waals surface area (Å²) in [6.07, 6.45) is 4.87. The Morgan fingerprint density at radius 3 is 2.68 bits per heavy atom. The van der Waals surface area contributed by atoms with E-state index in [-0.39, 0.29) is 11.7 Å². The van der Waals surface area contributed by atoms with Crippen LogP contribution in [-0.4, -0.2) is 29.9 Å². The molecular formula is C18H17FN6. The molecule has 0 aliphatic carbocycles. The van der Waals surface area contributed by atoms with Gasteiger partial charge in [0.2, 0.25) is 0 Å². The Bertz CT molecular complexity index is 1050. The Morgan fingerprint density at radius 2 is 1.96 bits per heavy atom. The molecule has 0 atom stereocenters. The number of rotatable bonds is 3. The van der Waals surface area contributed by atoms with E-state index in [4.69, 9.17) is 0 Å². The van der Waals surface area contributed by atoms with Crippen LogP contribution in [0.2, 0.25) is 0 Å². The van der Waals surface area contributed by atoms with E-state index in [0.717, 1.165) is 22.2 Å². The van der Waals surface area contributed by atoms with Gasteiger partial charge in [-0.2, -0.15) is 10.2 Å². The number of halogens is 1. The highest BCUT2D eigenvalue weighted by atomic mass is 19.1. The van der Waals surface area contributed by atoms with Gasteiger partial charge in [-0.05, 0) is 29.7 Å². The van der Waals surface area contributed by atoms with Crippen molar-refractivity contribution in [2.45, 2.75) is 19.8 Å². The summed E-state index contributed by atoms with van der Waals surface area (Å²) in [5.74, 6) is -0.0959. The highest BCUT2D eigenvalue weighted by Gasteiger charge is 2.20. The van der Waals surface area contributed by atoms with E-state index in [9.17, 15) is 4.39 Å². The van der Waals surface area contributed by atoms with Crippen LogP contribution in [0.4, 0.5) is 4.39 Å². The van der Waals surface area contributed by atoms with E-state index < -0.39 is 0 Å². The molecule has 0 saturated carbocycles. The zero-order valence-electron chi connectivity index (χ0n) is 14.2. The van der Waals surface area contributed by atoms with E-state index in [0.29, 0.717) is 17.0 Å². The number of hydrogen-bond acceptors (Lipinski definition) is 4. The number of pyridine rings is 2. The van der Waals surface area contributed by atoms with Crippen molar-refractivity contribution >= 4 is 11.0 Å². The maximum atomic E-state index is 13.2. The van der Waals surface area contributed by atoms with E-state index >= 15 is 0 Å². The minimum absolute atomic E-state index is 0.275. The molecule has 0 fully saturated rings. The minimum atomic E-state index is -0.371. The second-order valence-corrected chi connectivity index (χ2v) is 6.28. The molecule has 25 heavy (non-hydrogen) atoms. The highest BCUT2D eigenvalue weighted by Crippen LogP contribution is 2.36. The monoisotopic (exact) mass is 336 g/mol. The van der Waals surface area contributed by atoms with Gasteiger partial charge >= 0.3 is 0 Å². The molecule has 0 spiro atoms. The van der Waals surface area contributed by atoms with Crippen LogP contribution >= 0.6 is 0 Å². The third kappa shape index (κ3) is 2.57. The number of aryl methyl sites for hydroxylation is 1. The molecule has 0 aliphatic heterocycles. The second-order valence-electron chi connectivity index (χ2n) is 6.28. The smallest absolute Gasteiger partial charge is 0.181 e. The van der Waals surface area contributed by atoms with Gasteiger partial charge in [0.05, 0.1) is 17.3 Å². The third-order valence-corrected chi connectivity index (χ3v) is 4.15. The van der Waals surface area contributed by atoms with Crippen molar-refractivity contribution < 1.29 is 4.39 Å². The lowest BCUT2D eigenvalue weighted by Crippen LogP contribution is -1.92. The van der Waals surface area contributed by atoms with E-state index in [1.807, 2.05) is 19.3 Å². The summed E-state index contributed by atoms with van der Waals surface area (Å²) in [5, 5.41) is 12.9. The van der Waals surface area contributed by atoms with Crippen LogP contribution in [0.25, 0.3) is 33.5 Å². The zero-order chi connectivity index (χ0) is 17.6.